The number of carbonyl (C=O) groups is 2. The number of thiazole rings is 1. The van der Waals surface area contributed by atoms with E-state index in [1.165, 1.54) is 0 Å². The van der Waals surface area contributed by atoms with Gasteiger partial charge in [-0.15, -0.1) is 11.3 Å². The highest BCUT2D eigenvalue weighted by Gasteiger charge is 2.40. The Bertz CT molecular complexity index is 465. The van der Waals surface area contributed by atoms with Crippen LogP contribution in [-0.2, 0) is 16.0 Å². The van der Waals surface area contributed by atoms with Gasteiger partial charge in [-0.25, -0.2) is 4.98 Å². The average Bonchev–Trinajstić information content (AvgIpc) is 2.84. The van der Waals surface area contributed by atoms with Crippen molar-refractivity contribution in [3.8, 4) is 0 Å². The Morgan fingerprint density at radius 2 is 2.00 bits per heavy atom. The van der Waals surface area contributed by atoms with Gasteiger partial charge in [0, 0.05) is 31.0 Å². The molecule has 0 spiro atoms. The molecular formula is C15H22N2O3S. The zero-order chi connectivity index (χ0) is 15.1. The van der Waals surface area contributed by atoms with Crippen molar-refractivity contribution in [2.75, 3.05) is 6.54 Å². The van der Waals surface area contributed by atoms with Gasteiger partial charge >= 0.3 is 5.97 Å². The number of aliphatic carboxylic acids is 1. The molecule has 0 aromatic carbocycles. The predicted octanol–water partition coefficient (Wildman–Crippen LogP) is 2.62. The van der Waals surface area contributed by atoms with Crippen molar-refractivity contribution in [1.82, 2.24) is 10.3 Å². The maximum atomic E-state index is 12.1. The normalized spacial score (nSPS) is 17.9. The molecule has 0 unspecified atom stereocenters. The zero-order valence-electron chi connectivity index (χ0n) is 12.1. The lowest BCUT2D eigenvalue weighted by Crippen LogP contribution is -2.38. The second-order valence-electron chi connectivity index (χ2n) is 5.70. The first kappa shape index (κ1) is 15.9. The van der Waals surface area contributed by atoms with Crippen molar-refractivity contribution in [2.24, 2.45) is 5.41 Å². The summed E-state index contributed by atoms with van der Waals surface area (Å²) in [6.45, 7) is 0.516. The van der Waals surface area contributed by atoms with Gasteiger partial charge in [0.15, 0.2) is 0 Å². The Morgan fingerprint density at radius 3 is 2.57 bits per heavy atom. The highest BCUT2D eigenvalue weighted by atomic mass is 32.1. The zero-order valence-corrected chi connectivity index (χ0v) is 13.0. The fourth-order valence-electron chi connectivity index (χ4n) is 2.93. The molecule has 1 aromatic rings. The molecule has 1 aliphatic carbocycles. The molecule has 1 aromatic heterocycles. The van der Waals surface area contributed by atoms with Gasteiger partial charge in [0.25, 0.3) is 0 Å². The van der Waals surface area contributed by atoms with E-state index in [0.717, 1.165) is 30.7 Å². The molecule has 0 saturated heterocycles. The molecule has 5 nitrogen and oxygen atoms in total. The third-order valence-corrected chi connectivity index (χ3v) is 5.00. The van der Waals surface area contributed by atoms with Crippen LogP contribution in [0.15, 0.2) is 11.6 Å². The van der Waals surface area contributed by atoms with Crippen molar-refractivity contribution < 1.29 is 14.7 Å². The van der Waals surface area contributed by atoms with E-state index in [1.54, 1.807) is 17.5 Å². The first-order chi connectivity index (χ1) is 10.1. The number of hydrogen-bond acceptors (Lipinski definition) is 4. The monoisotopic (exact) mass is 310 g/mol. The maximum Gasteiger partial charge on any atom is 0.310 e. The molecule has 1 heterocycles. The lowest BCUT2D eigenvalue weighted by Gasteiger charge is -2.27. The molecule has 1 fully saturated rings. The summed E-state index contributed by atoms with van der Waals surface area (Å²) < 4.78 is 0. The fourth-order valence-corrected chi connectivity index (χ4v) is 3.55. The predicted molar refractivity (Wildman–Crippen MR) is 81.2 cm³/mol. The van der Waals surface area contributed by atoms with Crippen LogP contribution in [0.4, 0.5) is 0 Å². The number of aromatic nitrogens is 1. The molecule has 21 heavy (non-hydrogen) atoms. The largest absolute Gasteiger partial charge is 0.481 e. The second kappa shape index (κ2) is 7.54. The van der Waals surface area contributed by atoms with E-state index in [1.807, 2.05) is 5.38 Å². The van der Waals surface area contributed by atoms with Crippen molar-refractivity contribution in [3.05, 3.63) is 16.6 Å². The van der Waals surface area contributed by atoms with E-state index < -0.39 is 11.4 Å². The number of rotatable bonds is 6. The minimum atomic E-state index is -0.859. The molecule has 0 atom stereocenters. The summed E-state index contributed by atoms with van der Waals surface area (Å²) in [5.74, 6) is -0.977. The molecule has 0 radical (unpaired) electrons. The number of nitrogens with one attached hydrogen (secondary N) is 1. The summed E-state index contributed by atoms with van der Waals surface area (Å²) in [6, 6.07) is 0. The van der Waals surface area contributed by atoms with Crippen LogP contribution in [0.3, 0.4) is 0 Å². The van der Waals surface area contributed by atoms with Crippen molar-refractivity contribution in [3.63, 3.8) is 0 Å². The first-order valence-corrected chi connectivity index (χ1v) is 8.39. The second-order valence-corrected chi connectivity index (χ2v) is 6.68. The number of carboxylic acids is 1. The van der Waals surface area contributed by atoms with E-state index in [2.05, 4.69) is 10.3 Å². The fraction of sp³-hybridized carbons (Fsp3) is 0.667. The molecule has 0 aliphatic heterocycles. The van der Waals surface area contributed by atoms with Gasteiger partial charge in [0.05, 0.1) is 10.4 Å². The molecular weight excluding hydrogens is 288 g/mol. The van der Waals surface area contributed by atoms with Crippen molar-refractivity contribution in [1.29, 1.82) is 0 Å². The molecule has 1 amide bonds. The van der Waals surface area contributed by atoms with Crippen molar-refractivity contribution >= 4 is 23.2 Å². The molecule has 2 rings (SSSR count). The molecule has 1 aliphatic rings. The van der Waals surface area contributed by atoms with Gasteiger partial charge in [-0.3, -0.25) is 9.59 Å². The lowest BCUT2D eigenvalue weighted by molar-refractivity contribution is -0.152. The Kier molecular flexibility index (Phi) is 5.73. The van der Waals surface area contributed by atoms with Crippen LogP contribution in [-0.4, -0.2) is 28.5 Å². The molecule has 6 heteroatoms. The van der Waals surface area contributed by atoms with Crippen molar-refractivity contribution in [2.45, 2.75) is 51.4 Å². The van der Waals surface area contributed by atoms with Crippen LogP contribution in [0.2, 0.25) is 0 Å². The Hall–Kier alpha value is -1.43. The Labute approximate surface area is 128 Å². The molecule has 2 N–H and O–H groups in total. The third-order valence-electron chi connectivity index (χ3n) is 4.16. The number of nitrogens with zero attached hydrogens (tertiary/aromatic N) is 1. The minimum Gasteiger partial charge on any atom is -0.481 e. The van der Waals surface area contributed by atoms with Gasteiger partial charge in [-0.05, 0) is 12.8 Å². The summed E-state index contributed by atoms with van der Waals surface area (Å²) in [7, 11) is 0. The summed E-state index contributed by atoms with van der Waals surface area (Å²) >= 11 is 1.56. The first-order valence-electron chi connectivity index (χ1n) is 7.51. The van der Waals surface area contributed by atoms with Crippen LogP contribution >= 0.6 is 11.3 Å². The number of hydrogen-bond donors (Lipinski definition) is 2. The standard InChI is InChI=1S/C15H22N2O3S/c18-12(16-8-5-13-17-9-10-21-13)11-15(14(19)20)6-3-1-2-4-7-15/h9-10H,1-8,11H2,(H,16,18)(H,19,20). The van der Waals surface area contributed by atoms with Gasteiger partial charge in [-0.2, -0.15) is 0 Å². The number of carboxylic acid groups (broad SMARTS) is 1. The topological polar surface area (TPSA) is 79.3 Å². The SMILES string of the molecule is O=C(CC1(C(=O)O)CCCCCC1)NCCc1nccs1. The Balaban J connectivity index is 1.84. The maximum absolute atomic E-state index is 12.1. The minimum absolute atomic E-state index is 0.0974. The summed E-state index contributed by atoms with van der Waals surface area (Å²) in [4.78, 5) is 27.9. The van der Waals surface area contributed by atoms with Gasteiger partial charge in [-0.1, -0.05) is 25.7 Å². The third kappa shape index (κ3) is 4.52. The number of carbonyl (C=O) groups excluding carboxylic acids is 1. The smallest absolute Gasteiger partial charge is 0.310 e. The summed E-state index contributed by atoms with van der Waals surface area (Å²) in [5.41, 5.74) is -0.859. The average molecular weight is 310 g/mol. The van der Waals surface area contributed by atoms with Crippen LogP contribution < -0.4 is 5.32 Å². The van der Waals surface area contributed by atoms with E-state index >= 15 is 0 Å². The van der Waals surface area contributed by atoms with E-state index in [0.29, 0.717) is 25.8 Å². The van der Waals surface area contributed by atoms with Gasteiger partial charge < -0.3 is 10.4 Å². The van der Waals surface area contributed by atoms with Gasteiger partial charge in [0.2, 0.25) is 5.91 Å². The molecule has 0 bridgehead atoms. The van der Waals surface area contributed by atoms with Crippen LogP contribution in [0.25, 0.3) is 0 Å². The van der Waals surface area contributed by atoms with Crippen LogP contribution in [0, 0.1) is 5.41 Å². The van der Waals surface area contributed by atoms with Gasteiger partial charge in [0.1, 0.15) is 0 Å². The summed E-state index contributed by atoms with van der Waals surface area (Å²) in [6.07, 6.45) is 7.71. The molecule has 1 saturated carbocycles. The van der Waals surface area contributed by atoms with E-state index in [9.17, 15) is 14.7 Å². The lowest BCUT2D eigenvalue weighted by atomic mass is 9.77. The highest BCUT2D eigenvalue weighted by Crippen LogP contribution is 2.38. The van der Waals surface area contributed by atoms with Crippen LogP contribution in [0.5, 0.6) is 0 Å². The van der Waals surface area contributed by atoms with Crippen LogP contribution in [0.1, 0.15) is 50.0 Å². The molecule has 116 valence electrons. The summed E-state index contributed by atoms with van der Waals surface area (Å²) in [5, 5.41) is 15.3. The highest BCUT2D eigenvalue weighted by molar-refractivity contribution is 7.09. The quantitative estimate of drug-likeness (QED) is 0.792. The number of amides is 1. The Morgan fingerprint density at radius 1 is 1.29 bits per heavy atom. The van der Waals surface area contributed by atoms with E-state index in [4.69, 9.17) is 0 Å². The van der Waals surface area contributed by atoms with E-state index in [-0.39, 0.29) is 12.3 Å².